The van der Waals surface area contributed by atoms with Crippen molar-refractivity contribution >= 4 is 17.5 Å². The Hall–Kier alpha value is -1.78. The van der Waals surface area contributed by atoms with Gasteiger partial charge in [0.1, 0.15) is 5.82 Å². The molecule has 1 aromatic rings. The summed E-state index contributed by atoms with van der Waals surface area (Å²) in [6.45, 7) is 3.21. The summed E-state index contributed by atoms with van der Waals surface area (Å²) in [6.07, 6.45) is 8.00. The van der Waals surface area contributed by atoms with E-state index in [-0.39, 0.29) is 0 Å². The number of methoxy groups -OCH3 is 1. The van der Waals surface area contributed by atoms with E-state index in [1.165, 1.54) is 39.0 Å². The van der Waals surface area contributed by atoms with Crippen LogP contribution in [0.2, 0.25) is 0 Å². The van der Waals surface area contributed by atoms with Gasteiger partial charge in [0, 0.05) is 6.54 Å². The van der Waals surface area contributed by atoms with Crippen molar-refractivity contribution in [3.05, 3.63) is 17.8 Å². The van der Waals surface area contributed by atoms with Crippen molar-refractivity contribution in [3.8, 4) is 0 Å². The Balaban J connectivity index is 1.87. The van der Waals surface area contributed by atoms with E-state index in [0.29, 0.717) is 17.1 Å². The van der Waals surface area contributed by atoms with Gasteiger partial charge in [-0.05, 0) is 30.7 Å². The normalized spacial score (nSPS) is 21.8. The lowest BCUT2D eigenvalue weighted by atomic mass is 9.81. The van der Waals surface area contributed by atoms with Crippen molar-refractivity contribution in [1.29, 1.82) is 0 Å². The highest BCUT2D eigenvalue weighted by molar-refractivity contribution is 5.95. The fourth-order valence-electron chi connectivity index (χ4n) is 3.08. The Bertz CT molecular complexity index is 490. The standard InChI is InChI=1S/C16H25N3O2/c1-11-4-3-5-12(8-11)6-7-18-15-9-13(16(20)21-2)14(17)10-19-15/h9-12H,3-8,17H2,1-2H3,(H,18,19). The Labute approximate surface area is 126 Å². The van der Waals surface area contributed by atoms with E-state index in [0.717, 1.165) is 24.8 Å². The van der Waals surface area contributed by atoms with Crippen LogP contribution in [0.3, 0.4) is 0 Å². The highest BCUT2D eigenvalue weighted by Crippen LogP contribution is 2.30. The Kier molecular flexibility index (Phi) is 5.42. The van der Waals surface area contributed by atoms with Crippen LogP contribution in [0.15, 0.2) is 12.3 Å². The molecule has 1 heterocycles. The van der Waals surface area contributed by atoms with Crippen LogP contribution in [-0.2, 0) is 4.74 Å². The fraction of sp³-hybridized carbons (Fsp3) is 0.625. The summed E-state index contributed by atoms with van der Waals surface area (Å²) in [4.78, 5) is 15.8. The lowest BCUT2D eigenvalue weighted by molar-refractivity contribution is 0.0602. The van der Waals surface area contributed by atoms with E-state index in [1.807, 2.05) is 0 Å². The van der Waals surface area contributed by atoms with Crippen LogP contribution in [0.5, 0.6) is 0 Å². The number of hydrogen-bond donors (Lipinski definition) is 2. The topological polar surface area (TPSA) is 77.2 Å². The highest BCUT2D eigenvalue weighted by Gasteiger charge is 2.18. The minimum atomic E-state index is -0.431. The number of esters is 1. The van der Waals surface area contributed by atoms with Crippen LogP contribution in [0.1, 0.15) is 49.4 Å². The molecule has 0 bridgehead atoms. The van der Waals surface area contributed by atoms with Gasteiger partial charge in [-0.25, -0.2) is 9.78 Å². The molecule has 2 unspecified atom stereocenters. The summed E-state index contributed by atoms with van der Waals surface area (Å²) in [5.41, 5.74) is 6.44. The maximum atomic E-state index is 11.6. The molecule has 0 amide bonds. The first-order chi connectivity index (χ1) is 10.1. The average molecular weight is 291 g/mol. The van der Waals surface area contributed by atoms with Gasteiger partial charge in [0.15, 0.2) is 0 Å². The largest absolute Gasteiger partial charge is 0.465 e. The predicted molar refractivity (Wildman–Crippen MR) is 84.2 cm³/mol. The molecule has 0 spiro atoms. The molecular weight excluding hydrogens is 266 g/mol. The number of nitrogens with zero attached hydrogens (tertiary/aromatic N) is 1. The van der Waals surface area contributed by atoms with Crippen molar-refractivity contribution in [1.82, 2.24) is 4.98 Å². The summed E-state index contributed by atoms with van der Waals surface area (Å²) in [5.74, 6) is 1.90. The number of ether oxygens (including phenoxy) is 1. The number of carbonyl (C=O) groups is 1. The molecule has 1 fully saturated rings. The number of nitrogens with two attached hydrogens (primary N) is 1. The zero-order valence-electron chi connectivity index (χ0n) is 12.9. The third-order valence-electron chi connectivity index (χ3n) is 4.24. The lowest BCUT2D eigenvalue weighted by Gasteiger charge is -2.26. The van der Waals surface area contributed by atoms with E-state index in [9.17, 15) is 4.79 Å². The number of anilines is 2. The van der Waals surface area contributed by atoms with Gasteiger partial charge in [0.25, 0.3) is 0 Å². The maximum Gasteiger partial charge on any atom is 0.340 e. The number of rotatable bonds is 5. The van der Waals surface area contributed by atoms with E-state index in [4.69, 9.17) is 10.5 Å². The lowest BCUT2D eigenvalue weighted by Crippen LogP contribution is -2.17. The number of pyridine rings is 1. The molecule has 0 aromatic carbocycles. The first kappa shape index (κ1) is 15.6. The summed E-state index contributed by atoms with van der Waals surface area (Å²) in [5, 5.41) is 3.28. The Morgan fingerprint density at radius 3 is 3.05 bits per heavy atom. The van der Waals surface area contributed by atoms with E-state index < -0.39 is 5.97 Å². The van der Waals surface area contributed by atoms with Crippen LogP contribution >= 0.6 is 0 Å². The van der Waals surface area contributed by atoms with Gasteiger partial charge in [-0.15, -0.1) is 0 Å². The van der Waals surface area contributed by atoms with Crippen molar-refractivity contribution in [2.24, 2.45) is 11.8 Å². The number of hydrogen-bond acceptors (Lipinski definition) is 5. The minimum Gasteiger partial charge on any atom is -0.465 e. The smallest absolute Gasteiger partial charge is 0.340 e. The molecule has 1 saturated carbocycles. The molecule has 116 valence electrons. The molecular formula is C16H25N3O2. The van der Waals surface area contributed by atoms with Gasteiger partial charge in [0.05, 0.1) is 24.6 Å². The molecule has 0 aliphatic heterocycles. The molecule has 2 atom stereocenters. The average Bonchev–Trinajstić information content (AvgIpc) is 2.48. The maximum absolute atomic E-state index is 11.6. The van der Waals surface area contributed by atoms with Crippen LogP contribution in [0, 0.1) is 11.8 Å². The molecule has 1 aliphatic carbocycles. The highest BCUT2D eigenvalue weighted by atomic mass is 16.5. The SMILES string of the molecule is COC(=O)c1cc(NCCC2CCCC(C)C2)ncc1N. The number of nitrogen functional groups attached to an aromatic ring is 1. The number of carbonyl (C=O) groups excluding carboxylic acids is 1. The minimum absolute atomic E-state index is 0.341. The zero-order valence-corrected chi connectivity index (χ0v) is 12.9. The van der Waals surface area contributed by atoms with Gasteiger partial charge in [-0.1, -0.05) is 26.2 Å². The fourth-order valence-corrected chi connectivity index (χ4v) is 3.08. The second-order valence-corrected chi connectivity index (χ2v) is 6.00. The molecule has 3 N–H and O–H groups in total. The van der Waals surface area contributed by atoms with Gasteiger partial charge in [-0.3, -0.25) is 0 Å². The molecule has 5 heteroatoms. The molecule has 0 radical (unpaired) electrons. The number of aromatic nitrogens is 1. The first-order valence-corrected chi connectivity index (χ1v) is 7.68. The van der Waals surface area contributed by atoms with Crippen molar-refractivity contribution in [2.75, 3.05) is 24.7 Å². The van der Waals surface area contributed by atoms with Crippen LogP contribution in [-0.4, -0.2) is 24.6 Å². The molecule has 0 saturated heterocycles. The van der Waals surface area contributed by atoms with Gasteiger partial charge in [0.2, 0.25) is 0 Å². The second kappa shape index (κ2) is 7.29. The van der Waals surface area contributed by atoms with E-state index >= 15 is 0 Å². The van der Waals surface area contributed by atoms with E-state index in [2.05, 4.69) is 17.2 Å². The van der Waals surface area contributed by atoms with Crippen LogP contribution in [0.4, 0.5) is 11.5 Å². The van der Waals surface area contributed by atoms with Gasteiger partial charge < -0.3 is 15.8 Å². The molecule has 21 heavy (non-hydrogen) atoms. The molecule has 5 nitrogen and oxygen atoms in total. The van der Waals surface area contributed by atoms with Crippen LogP contribution in [0.25, 0.3) is 0 Å². The Morgan fingerprint density at radius 2 is 2.33 bits per heavy atom. The zero-order chi connectivity index (χ0) is 15.2. The Morgan fingerprint density at radius 1 is 1.52 bits per heavy atom. The summed E-state index contributed by atoms with van der Waals surface area (Å²) in [6, 6.07) is 1.66. The summed E-state index contributed by atoms with van der Waals surface area (Å²) >= 11 is 0. The molecule has 2 rings (SSSR count). The van der Waals surface area contributed by atoms with Crippen molar-refractivity contribution < 1.29 is 9.53 Å². The monoisotopic (exact) mass is 291 g/mol. The van der Waals surface area contributed by atoms with Crippen molar-refractivity contribution in [2.45, 2.75) is 39.0 Å². The van der Waals surface area contributed by atoms with E-state index in [1.54, 1.807) is 6.07 Å². The summed E-state index contributed by atoms with van der Waals surface area (Å²) in [7, 11) is 1.35. The molecule has 1 aromatic heterocycles. The van der Waals surface area contributed by atoms with Crippen molar-refractivity contribution in [3.63, 3.8) is 0 Å². The third-order valence-corrected chi connectivity index (χ3v) is 4.24. The van der Waals surface area contributed by atoms with Gasteiger partial charge in [-0.2, -0.15) is 0 Å². The quantitative estimate of drug-likeness (QED) is 0.815. The van der Waals surface area contributed by atoms with Crippen LogP contribution < -0.4 is 11.1 Å². The third kappa shape index (κ3) is 4.34. The molecule has 1 aliphatic rings. The second-order valence-electron chi connectivity index (χ2n) is 6.00. The summed E-state index contributed by atoms with van der Waals surface area (Å²) < 4.78 is 4.71. The number of nitrogens with one attached hydrogen (secondary N) is 1. The first-order valence-electron chi connectivity index (χ1n) is 7.68. The van der Waals surface area contributed by atoms with Gasteiger partial charge >= 0.3 is 5.97 Å². The predicted octanol–water partition coefficient (Wildman–Crippen LogP) is 3.08.